The smallest absolute Gasteiger partial charge is 0.138 e. The van der Waals surface area contributed by atoms with Crippen LogP contribution in [-0.4, -0.2) is 38.1 Å². The van der Waals surface area contributed by atoms with Gasteiger partial charge in [-0.15, -0.1) is 0 Å². The zero-order valence-electron chi connectivity index (χ0n) is 16.7. The molecule has 4 rings (SSSR count). The van der Waals surface area contributed by atoms with Crippen molar-refractivity contribution in [2.45, 2.75) is 34.6 Å². The van der Waals surface area contributed by atoms with Gasteiger partial charge in [0.1, 0.15) is 11.2 Å². The number of hydrogen-bond acceptors (Lipinski definition) is 3. The number of hydrogen-bond donors (Lipinski definition) is 1. The molecule has 1 N–H and O–H groups in total. The average molecular weight is 343 g/mol. The van der Waals surface area contributed by atoms with Gasteiger partial charge in [-0.05, 0) is 25.6 Å². The van der Waals surface area contributed by atoms with E-state index in [0.29, 0.717) is 0 Å². The van der Waals surface area contributed by atoms with Crippen molar-refractivity contribution in [2.24, 2.45) is 0 Å². The summed E-state index contributed by atoms with van der Waals surface area (Å²) in [6, 6.07) is 14.4. The quantitative estimate of drug-likeness (QED) is 0.587. The Morgan fingerprint density at radius 2 is 1.44 bits per heavy atom. The van der Waals surface area contributed by atoms with E-state index in [1.807, 2.05) is 45.9 Å². The van der Waals surface area contributed by atoms with Crippen LogP contribution in [0, 0.1) is 6.92 Å². The summed E-state index contributed by atoms with van der Waals surface area (Å²) in [5.41, 5.74) is 3.17. The molecule has 0 atom stereocenters. The van der Waals surface area contributed by atoms with Crippen LogP contribution in [0.3, 0.4) is 0 Å². The van der Waals surface area contributed by atoms with E-state index >= 15 is 0 Å². The second-order valence-electron chi connectivity index (χ2n) is 5.60. The molecule has 0 saturated carbocycles. The molecular formula is C22H34N2O. The molecule has 3 heteroatoms. The maximum absolute atomic E-state index is 5.78. The maximum Gasteiger partial charge on any atom is 0.138 e. The Hall–Kier alpha value is -1.84. The Morgan fingerprint density at radius 3 is 2.04 bits per heavy atom. The fourth-order valence-corrected chi connectivity index (χ4v) is 2.66. The summed E-state index contributed by atoms with van der Waals surface area (Å²) in [6.07, 6.45) is 0. The van der Waals surface area contributed by atoms with Gasteiger partial charge < -0.3 is 14.6 Å². The topological polar surface area (TPSA) is 28.4 Å². The van der Waals surface area contributed by atoms with Crippen molar-refractivity contribution in [3.05, 3.63) is 48.0 Å². The van der Waals surface area contributed by atoms with Gasteiger partial charge in [0.05, 0.1) is 0 Å². The van der Waals surface area contributed by atoms with Crippen LogP contribution in [0.2, 0.25) is 0 Å². The molecule has 0 radical (unpaired) electrons. The van der Waals surface area contributed by atoms with Gasteiger partial charge in [0.2, 0.25) is 0 Å². The molecule has 138 valence electrons. The first-order valence-corrected chi connectivity index (χ1v) is 9.52. The number of rotatable bonds is 0. The zero-order valence-corrected chi connectivity index (χ0v) is 16.7. The summed E-state index contributed by atoms with van der Waals surface area (Å²) in [5.74, 6) is 0. The molecule has 1 aliphatic rings. The van der Waals surface area contributed by atoms with Crippen molar-refractivity contribution in [1.29, 1.82) is 0 Å². The first kappa shape index (κ1) is 21.2. The summed E-state index contributed by atoms with van der Waals surface area (Å²) in [4.78, 5) is 2.33. The second kappa shape index (κ2) is 11.7. The van der Waals surface area contributed by atoms with Crippen LogP contribution in [0.25, 0.3) is 21.9 Å². The number of nitrogens with one attached hydrogen (secondary N) is 1. The number of nitrogens with zero attached hydrogens (tertiary/aromatic N) is 1. The maximum atomic E-state index is 5.78. The van der Waals surface area contributed by atoms with E-state index in [-0.39, 0.29) is 0 Å². The van der Waals surface area contributed by atoms with E-state index < -0.39 is 0 Å². The first-order valence-electron chi connectivity index (χ1n) is 9.52. The summed E-state index contributed by atoms with van der Waals surface area (Å²) in [6.45, 7) is 14.8. The summed E-state index contributed by atoms with van der Waals surface area (Å²) in [5, 5.41) is 5.68. The fraction of sp³-hybridized carbons (Fsp3) is 0.455. The van der Waals surface area contributed by atoms with Crippen molar-refractivity contribution in [1.82, 2.24) is 10.2 Å². The minimum atomic E-state index is 0.969. The number of fused-ring (bicyclic) bond motifs is 3. The summed E-state index contributed by atoms with van der Waals surface area (Å²) >= 11 is 0. The van der Waals surface area contributed by atoms with E-state index in [2.05, 4.69) is 48.5 Å². The van der Waals surface area contributed by atoms with E-state index in [1.54, 1.807) is 0 Å². The predicted molar refractivity (Wildman–Crippen MR) is 112 cm³/mol. The lowest BCUT2D eigenvalue weighted by Crippen LogP contribution is -2.40. The van der Waals surface area contributed by atoms with Crippen molar-refractivity contribution in [3.8, 4) is 0 Å². The van der Waals surface area contributed by atoms with Gasteiger partial charge in [0.15, 0.2) is 0 Å². The molecule has 3 aromatic rings. The molecule has 3 nitrogen and oxygen atoms in total. The third-order valence-corrected chi connectivity index (χ3v) is 3.94. The van der Waals surface area contributed by atoms with Crippen LogP contribution in [0.5, 0.6) is 0 Å². The molecule has 25 heavy (non-hydrogen) atoms. The Balaban J connectivity index is 0.000000241. The van der Waals surface area contributed by atoms with Crippen LogP contribution in [0.4, 0.5) is 0 Å². The van der Waals surface area contributed by atoms with Crippen LogP contribution < -0.4 is 5.32 Å². The normalized spacial score (nSPS) is 13.8. The number of likely N-dealkylation sites (N-methyl/N-ethyl adjacent to an activating group) is 1. The number of furan rings is 1. The molecule has 0 unspecified atom stereocenters. The van der Waals surface area contributed by atoms with Gasteiger partial charge in [-0.1, -0.05) is 64.1 Å². The van der Waals surface area contributed by atoms with Gasteiger partial charge in [-0.3, -0.25) is 0 Å². The van der Waals surface area contributed by atoms with Crippen LogP contribution in [0.1, 0.15) is 33.3 Å². The molecule has 0 aliphatic carbocycles. The lowest BCUT2D eigenvalue weighted by atomic mass is 10.1. The number of para-hydroxylation sites is 2. The van der Waals surface area contributed by atoms with Crippen LogP contribution in [-0.2, 0) is 0 Å². The molecule has 0 spiro atoms. The monoisotopic (exact) mass is 342 g/mol. The minimum Gasteiger partial charge on any atom is -0.456 e. The molecular weight excluding hydrogens is 308 g/mol. The minimum absolute atomic E-state index is 0.969. The molecule has 2 aromatic carbocycles. The Labute approximate surface area is 153 Å². The number of aryl methyl sites for hydroxylation is 1. The van der Waals surface area contributed by atoms with E-state index in [0.717, 1.165) is 24.3 Å². The van der Waals surface area contributed by atoms with Gasteiger partial charge in [0, 0.05) is 37.0 Å². The van der Waals surface area contributed by atoms with Crippen LogP contribution >= 0.6 is 0 Å². The largest absolute Gasteiger partial charge is 0.456 e. The Kier molecular flexibility index (Phi) is 9.90. The molecule has 0 bridgehead atoms. The Morgan fingerprint density at radius 1 is 0.840 bits per heavy atom. The highest BCUT2D eigenvalue weighted by atomic mass is 16.3. The lowest BCUT2D eigenvalue weighted by molar-refractivity contribution is 0.291. The molecule has 1 aromatic heterocycles. The molecule has 0 amide bonds. The van der Waals surface area contributed by atoms with Crippen LogP contribution in [0.15, 0.2) is 46.9 Å². The third-order valence-electron chi connectivity index (χ3n) is 3.94. The predicted octanol–water partition coefficient (Wildman–Crippen LogP) is 5.47. The SMILES string of the molecule is CC.CC.CN1CCNCC1.Cc1cccc2c1oc1ccccc12. The van der Waals surface area contributed by atoms with Gasteiger partial charge in [-0.2, -0.15) is 0 Å². The first-order chi connectivity index (χ1) is 12.3. The van der Waals surface area contributed by atoms with Crippen molar-refractivity contribution in [3.63, 3.8) is 0 Å². The van der Waals surface area contributed by atoms with E-state index in [9.17, 15) is 0 Å². The van der Waals surface area contributed by atoms with Crippen molar-refractivity contribution < 1.29 is 4.42 Å². The van der Waals surface area contributed by atoms with Crippen molar-refractivity contribution in [2.75, 3.05) is 33.2 Å². The second-order valence-corrected chi connectivity index (χ2v) is 5.60. The van der Waals surface area contributed by atoms with E-state index in [4.69, 9.17) is 4.42 Å². The zero-order chi connectivity index (χ0) is 18.7. The molecule has 2 heterocycles. The average Bonchev–Trinajstić information content (AvgIpc) is 3.07. The summed E-state index contributed by atoms with van der Waals surface area (Å²) in [7, 11) is 2.15. The number of benzene rings is 2. The fourth-order valence-electron chi connectivity index (χ4n) is 2.66. The molecule has 1 aliphatic heterocycles. The molecule has 1 fully saturated rings. The number of piperazine rings is 1. The van der Waals surface area contributed by atoms with Gasteiger partial charge in [0.25, 0.3) is 0 Å². The standard InChI is InChI=1S/C13H10O.C5H12N2.2C2H6/c1-9-5-4-7-11-10-6-2-3-8-12(10)14-13(9)11;1-7-4-2-6-3-5-7;2*1-2/h2-8H,1H3;6H,2-5H2,1H3;2*1-2H3. The molecule has 1 saturated heterocycles. The van der Waals surface area contributed by atoms with Gasteiger partial charge in [-0.25, -0.2) is 0 Å². The van der Waals surface area contributed by atoms with E-state index in [1.165, 1.54) is 29.4 Å². The highest BCUT2D eigenvalue weighted by Gasteiger charge is 2.06. The highest BCUT2D eigenvalue weighted by Crippen LogP contribution is 2.29. The third kappa shape index (κ3) is 5.87. The van der Waals surface area contributed by atoms with Gasteiger partial charge >= 0.3 is 0 Å². The summed E-state index contributed by atoms with van der Waals surface area (Å²) < 4.78 is 5.78. The van der Waals surface area contributed by atoms with Crippen molar-refractivity contribution >= 4 is 21.9 Å². The highest BCUT2D eigenvalue weighted by molar-refractivity contribution is 6.05. The lowest BCUT2D eigenvalue weighted by Gasteiger charge is -2.21. The Bertz CT molecular complexity index is 727.